The first kappa shape index (κ1) is 12.7. The summed E-state index contributed by atoms with van der Waals surface area (Å²) in [6.45, 7) is -0.489. The molecule has 0 aliphatic rings. The van der Waals surface area contributed by atoms with E-state index in [2.05, 4.69) is 14.7 Å². The summed E-state index contributed by atoms with van der Waals surface area (Å²) in [5, 5.41) is 11.7. The fourth-order valence-corrected chi connectivity index (χ4v) is 1.01. The summed E-state index contributed by atoms with van der Waals surface area (Å²) in [6.07, 6.45) is 1.35. The van der Waals surface area contributed by atoms with Crippen LogP contribution in [-0.4, -0.2) is 37.0 Å². The Morgan fingerprint density at radius 2 is 2.00 bits per heavy atom. The van der Waals surface area contributed by atoms with Crippen LogP contribution in [0.15, 0.2) is 29.4 Å². The van der Waals surface area contributed by atoms with Crippen molar-refractivity contribution in [2.24, 2.45) is 5.16 Å². The monoisotopic (exact) mass is 237 g/mol. The van der Waals surface area contributed by atoms with Crippen molar-refractivity contribution in [3.05, 3.63) is 35.4 Å². The van der Waals surface area contributed by atoms with Gasteiger partial charge >= 0.3 is 11.9 Å². The van der Waals surface area contributed by atoms with Gasteiger partial charge in [0.05, 0.1) is 18.9 Å². The van der Waals surface area contributed by atoms with E-state index in [1.165, 1.54) is 13.3 Å². The van der Waals surface area contributed by atoms with E-state index in [1.54, 1.807) is 24.3 Å². The van der Waals surface area contributed by atoms with Gasteiger partial charge in [-0.1, -0.05) is 17.3 Å². The number of carboxylic acids is 1. The van der Waals surface area contributed by atoms with Crippen LogP contribution in [0.2, 0.25) is 0 Å². The Labute approximate surface area is 97.4 Å². The van der Waals surface area contributed by atoms with Crippen molar-refractivity contribution in [1.82, 2.24) is 0 Å². The lowest BCUT2D eigenvalue weighted by molar-refractivity contribution is -0.142. The Morgan fingerprint density at radius 3 is 2.53 bits per heavy atom. The van der Waals surface area contributed by atoms with Crippen molar-refractivity contribution in [2.45, 2.75) is 0 Å². The molecule has 0 bridgehead atoms. The number of esters is 1. The topological polar surface area (TPSA) is 85.2 Å². The molecule has 0 unspecified atom stereocenters. The summed E-state index contributed by atoms with van der Waals surface area (Å²) in [5.41, 5.74) is 1.11. The Hall–Kier alpha value is -2.37. The second kappa shape index (κ2) is 6.26. The summed E-state index contributed by atoms with van der Waals surface area (Å²) < 4.78 is 4.54. The highest BCUT2D eigenvalue weighted by molar-refractivity contribution is 5.90. The molecule has 0 aliphatic heterocycles. The molecule has 1 aromatic rings. The Kier molecular flexibility index (Phi) is 4.68. The minimum atomic E-state index is -1.09. The maximum absolute atomic E-state index is 11.1. The van der Waals surface area contributed by atoms with Crippen molar-refractivity contribution in [3.63, 3.8) is 0 Å². The molecule has 0 aliphatic carbocycles. The second-order valence-corrected chi connectivity index (χ2v) is 3.02. The number of aliphatic carboxylic acids is 1. The normalized spacial score (nSPS) is 10.2. The predicted octanol–water partition coefficient (Wildman–Crippen LogP) is 0.908. The highest BCUT2D eigenvalue weighted by atomic mass is 16.6. The van der Waals surface area contributed by atoms with Crippen molar-refractivity contribution in [1.29, 1.82) is 0 Å². The molecule has 1 rings (SSSR count). The molecule has 0 heterocycles. The Bertz CT molecular complexity index is 424. The van der Waals surface area contributed by atoms with Gasteiger partial charge in [0.1, 0.15) is 0 Å². The number of carbonyl (C=O) groups excluding carboxylic acids is 1. The lowest BCUT2D eigenvalue weighted by Gasteiger charge is -1.99. The number of nitrogens with zero attached hydrogens (tertiary/aromatic N) is 1. The molecule has 0 radical (unpaired) electrons. The number of hydrogen-bond acceptors (Lipinski definition) is 5. The smallest absolute Gasteiger partial charge is 0.344 e. The fraction of sp³-hybridized carbons (Fsp3) is 0.182. The summed E-state index contributed by atoms with van der Waals surface area (Å²) >= 11 is 0. The van der Waals surface area contributed by atoms with E-state index in [0.29, 0.717) is 11.1 Å². The summed E-state index contributed by atoms with van der Waals surface area (Å²) in [7, 11) is 1.30. The molecule has 1 aromatic carbocycles. The number of carbonyl (C=O) groups is 2. The molecule has 0 fully saturated rings. The van der Waals surface area contributed by atoms with Crippen LogP contribution >= 0.6 is 0 Å². The van der Waals surface area contributed by atoms with E-state index >= 15 is 0 Å². The number of rotatable bonds is 5. The van der Waals surface area contributed by atoms with Crippen molar-refractivity contribution in [2.75, 3.05) is 13.7 Å². The van der Waals surface area contributed by atoms with Gasteiger partial charge in [0, 0.05) is 0 Å². The molecule has 0 saturated carbocycles. The number of ether oxygens (including phenoxy) is 1. The van der Waals surface area contributed by atoms with Gasteiger partial charge in [-0.15, -0.1) is 0 Å². The SMILES string of the molecule is COC(=O)c1ccc(C=NOCC(=O)O)cc1. The minimum Gasteiger partial charge on any atom is -0.479 e. The zero-order chi connectivity index (χ0) is 12.7. The maximum Gasteiger partial charge on any atom is 0.344 e. The largest absolute Gasteiger partial charge is 0.479 e. The lowest BCUT2D eigenvalue weighted by Crippen LogP contribution is -2.03. The molecule has 17 heavy (non-hydrogen) atoms. The van der Waals surface area contributed by atoms with E-state index in [4.69, 9.17) is 5.11 Å². The Balaban J connectivity index is 2.56. The number of methoxy groups -OCH3 is 1. The second-order valence-electron chi connectivity index (χ2n) is 3.02. The maximum atomic E-state index is 11.1. The third kappa shape index (κ3) is 4.33. The number of oxime groups is 1. The van der Waals surface area contributed by atoms with Crippen LogP contribution in [-0.2, 0) is 14.4 Å². The van der Waals surface area contributed by atoms with Gasteiger partial charge in [0.2, 0.25) is 6.61 Å². The molecule has 6 heteroatoms. The quantitative estimate of drug-likeness (QED) is 0.467. The van der Waals surface area contributed by atoms with Gasteiger partial charge in [0.15, 0.2) is 0 Å². The van der Waals surface area contributed by atoms with Gasteiger partial charge in [0.25, 0.3) is 0 Å². The van der Waals surface area contributed by atoms with Crippen LogP contribution in [0.4, 0.5) is 0 Å². The van der Waals surface area contributed by atoms with Crippen LogP contribution in [0.25, 0.3) is 0 Å². The average molecular weight is 237 g/mol. The lowest BCUT2D eigenvalue weighted by atomic mass is 10.1. The van der Waals surface area contributed by atoms with Gasteiger partial charge in [-0.25, -0.2) is 9.59 Å². The summed E-state index contributed by atoms with van der Waals surface area (Å²) in [5.74, 6) is -1.51. The number of benzene rings is 1. The van der Waals surface area contributed by atoms with E-state index in [1.807, 2.05) is 0 Å². The molecule has 1 N–H and O–H groups in total. The van der Waals surface area contributed by atoms with Crippen LogP contribution in [0, 0.1) is 0 Å². The third-order valence-corrected chi connectivity index (χ3v) is 1.80. The first-order chi connectivity index (χ1) is 8.13. The minimum absolute atomic E-state index is 0.421. The molecular formula is C11H11NO5. The molecular weight excluding hydrogens is 226 g/mol. The van der Waals surface area contributed by atoms with Crippen molar-refractivity contribution in [3.8, 4) is 0 Å². The van der Waals surface area contributed by atoms with Crippen LogP contribution < -0.4 is 0 Å². The molecule has 6 nitrogen and oxygen atoms in total. The first-order valence-electron chi connectivity index (χ1n) is 4.69. The third-order valence-electron chi connectivity index (χ3n) is 1.80. The fourth-order valence-electron chi connectivity index (χ4n) is 1.01. The molecule has 0 atom stereocenters. The van der Waals surface area contributed by atoms with E-state index in [9.17, 15) is 9.59 Å². The van der Waals surface area contributed by atoms with E-state index in [-0.39, 0.29) is 0 Å². The first-order valence-corrected chi connectivity index (χ1v) is 4.69. The van der Waals surface area contributed by atoms with Crippen LogP contribution in [0.1, 0.15) is 15.9 Å². The standard InChI is InChI=1S/C11H11NO5/c1-16-11(15)9-4-2-8(3-5-9)6-12-17-7-10(13)14/h2-6H,7H2,1H3,(H,13,14). The van der Waals surface area contributed by atoms with Gasteiger partial charge in [-0.05, 0) is 17.7 Å². The zero-order valence-corrected chi connectivity index (χ0v) is 9.12. The highest BCUT2D eigenvalue weighted by Crippen LogP contribution is 2.03. The van der Waals surface area contributed by atoms with Crippen molar-refractivity contribution >= 4 is 18.2 Å². The molecule has 90 valence electrons. The van der Waals surface area contributed by atoms with E-state index in [0.717, 1.165) is 0 Å². The van der Waals surface area contributed by atoms with E-state index < -0.39 is 18.5 Å². The highest BCUT2D eigenvalue weighted by Gasteiger charge is 2.03. The summed E-state index contributed by atoms with van der Waals surface area (Å²) in [4.78, 5) is 25.7. The predicted molar refractivity (Wildman–Crippen MR) is 59.0 cm³/mol. The van der Waals surface area contributed by atoms with Crippen LogP contribution in [0.3, 0.4) is 0 Å². The zero-order valence-electron chi connectivity index (χ0n) is 9.12. The molecule has 0 aromatic heterocycles. The van der Waals surface area contributed by atoms with Crippen LogP contribution in [0.5, 0.6) is 0 Å². The number of hydrogen-bond donors (Lipinski definition) is 1. The Morgan fingerprint density at radius 1 is 1.35 bits per heavy atom. The molecule has 0 saturated heterocycles. The average Bonchev–Trinajstić information content (AvgIpc) is 2.34. The van der Waals surface area contributed by atoms with Gasteiger partial charge in [-0.2, -0.15) is 0 Å². The van der Waals surface area contributed by atoms with Gasteiger partial charge in [-0.3, -0.25) is 0 Å². The molecule has 0 spiro atoms. The summed E-state index contributed by atoms with van der Waals surface area (Å²) in [6, 6.07) is 6.43. The molecule has 0 amide bonds. The van der Waals surface area contributed by atoms with Crippen molar-refractivity contribution < 1.29 is 24.3 Å². The van der Waals surface area contributed by atoms with Gasteiger partial charge < -0.3 is 14.7 Å². The number of carboxylic acid groups (broad SMARTS) is 1.